The van der Waals surface area contributed by atoms with E-state index in [0.29, 0.717) is 22.2 Å². The number of hydrogen-bond donors (Lipinski definition) is 0. The Labute approximate surface area is 152 Å². The Kier molecular flexibility index (Phi) is 5.36. The van der Waals surface area contributed by atoms with E-state index in [1.807, 2.05) is 4.90 Å². The summed E-state index contributed by atoms with van der Waals surface area (Å²) in [5, 5.41) is 1.01. The number of rotatable bonds is 3. The fraction of sp³-hybridized carbons (Fsp3) is 0.556. The lowest BCUT2D eigenvalue weighted by atomic mass is 9.82. The van der Waals surface area contributed by atoms with Gasteiger partial charge in [-0.2, -0.15) is 0 Å². The monoisotopic (exact) mass is 368 g/mol. The highest BCUT2D eigenvalue weighted by Gasteiger charge is 2.39. The van der Waals surface area contributed by atoms with E-state index in [-0.39, 0.29) is 23.8 Å². The molecule has 2 atom stereocenters. The minimum absolute atomic E-state index is 0.0263. The van der Waals surface area contributed by atoms with Crippen molar-refractivity contribution in [1.82, 2.24) is 4.90 Å². The molecule has 1 heterocycles. The molecule has 0 radical (unpaired) electrons. The van der Waals surface area contributed by atoms with E-state index in [4.69, 9.17) is 23.2 Å². The minimum Gasteiger partial charge on any atom is -0.339 e. The molecule has 6 heteroatoms. The van der Waals surface area contributed by atoms with Gasteiger partial charge in [-0.3, -0.25) is 9.59 Å². The highest BCUT2D eigenvalue weighted by atomic mass is 35.5. The molecule has 1 aliphatic carbocycles. The first-order valence-electron chi connectivity index (χ1n) is 8.50. The van der Waals surface area contributed by atoms with Crippen molar-refractivity contribution in [1.29, 1.82) is 0 Å². The first-order valence-corrected chi connectivity index (χ1v) is 9.26. The Morgan fingerprint density at radius 3 is 2.42 bits per heavy atom. The molecule has 1 aromatic carbocycles. The number of amides is 2. The molecule has 1 aromatic rings. The number of likely N-dealkylation sites (tertiary alicyclic amines) is 1. The van der Waals surface area contributed by atoms with Crippen molar-refractivity contribution < 1.29 is 9.59 Å². The van der Waals surface area contributed by atoms with Gasteiger partial charge in [0.25, 0.3) is 0 Å². The SMILES string of the molecule is CN(C(=O)[C@@H]1CCCC[C@@H]1N1CCCC1=O)c1cc(Cl)cc(Cl)c1. The van der Waals surface area contributed by atoms with Gasteiger partial charge in [0, 0.05) is 41.8 Å². The van der Waals surface area contributed by atoms with Gasteiger partial charge in [0.05, 0.1) is 5.92 Å². The van der Waals surface area contributed by atoms with Crippen molar-refractivity contribution in [3.63, 3.8) is 0 Å². The topological polar surface area (TPSA) is 40.6 Å². The van der Waals surface area contributed by atoms with E-state index in [1.165, 1.54) is 0 Å². The van der Waals surface area contributed by atoms with Crippen molar-refractivity contribution in [2.24, 2.45) is 5.92 Å². The number of halogens is 2. The maximum absolute atomic E-state index is 13.1. The van der Waals surface area contributed by atoms with Crippen molar-refractivity contribution in [2.45, 2.75) is 44.6 Å². The molecular weight excluding hydrogens is 347 g/mol. The molecule has 2 aliphatic rings. The molecule has 0 unspecified atom stereocenters. The maximum atomic E-state index is 13.1. The molecule has 1 saturated carbocycles. The van der Waals surface area contributed by atoms with E-state index in [0.717, 1.165) is 38.6 Å². The maximum Gasteiger partial charge on any atom is 0.231 e. The molecular formula is C18H22Cl2N2O2. The number of carbonyl (C=O) groups excluding carboxylic acids is 2. The van der Waals surface area contributed by atoms with E-state index < -0.39 is 0 Å². The second-order valence-electron chi connectivity index (χ2n) is 6.67. The van der Waals surface area contributed by atoms with Crippen LogP contribution in [0.2, 0.25) is 10.0 Å². The smallest absolute Gasteiger partial charge is 0.231 e. The molecule has 0 N–H and O–H groups in total. The largest absolute Gasteiger partial charge is 0.339 e. The summed E-state index contributed by atoms with van der Waals surface area (Å²) in [6.45, 7) is 0.778. The Hall–Kier alpha value is -1.26. The molecule has 0 aromatic heterocycles. The standard InChI is InChI=1S/C18H22Cl2N2O2/c1-21(14-10-12(19)9-13(20)11-14)18(24)15-5-2-3-6-16(15)22-8-4-7-17(22)23/h9-11,15-16H,2-8H2,1H3/t15-,16+/m1/s1. The number of carbonyl (C=O) groups is 2. The zero-order valence-electron chi connectivity index (χ0n) is 13.8. The third-order valence-electron chi connectivity index (χ3n) is 5.12. The Morgan fingerprint density at radius 1 is 1.12 bits per heavy atom. The van der Waals surface area contributed by atoms with Crippen molar-refractivity contribution in [2.75, 3.05) is 18.5 Å². The summed E-state index contributed by atoms with van der Waals surface area (Å²) in [4.78, 5) is 28.8. The van der Waals surface area contributed by atoms with Crippen LogP contribution in [-0.4, -0.2) is 36.3 Å². The number of anilines is 1. The van der Waals surface area contributed by atoms with Crippen LogP contribution in [-0.2, 0) is 9.59 Å². The van der Waals surface area contributed by atoms with E-state index in [1.54, 1.807) is 30.1 Å². The predicted octanol–water partition coefficient (Wildman–Crippen LogP) is 4.14. The van der Waals surface area contributed by atoms with Gasteiger partial charge in [0.15, 0.2) is 0 Å². The summed E-state index contributed by atoms with van der Waals surface area (Å²) in [5.74, 6) is 0.0782. The Morgan fingerprint density at radius 2 is 1.79 bits per heavy atom. The average molecular weight is 369 g/mol. The Balaban J connectivity index is 1.81. The van der Waals surface area contributed by atoms with Gasteiger partial charge < -0.3 is 9.80 Å². The second kappa shape index (κ2) is 7.32. The van der Waals surface area contributed by atoms with Crippen LogP contribution in [0.3, 0.4) is 0 Å². The van der Waals surface area contributed by atoms with Crippen molar-refractivity contribution in [3.05, 3.63) is 28.2 Å². The zero-order chi connectivity index (χ0) is 17.3. The van der Waals surface area contributed by atoms with Gasteiger partial charge in [-0.05, 0) is 37.5 Å². The summed E-state index contributed by atoms with van der Waals surface area (Å²) in [6.07, 6.45) is 5.34. The van der Waals surface area contributed by atoms with Gasteiger partial charge in [-0.1, -0.05) is 36.0 Å². The average Bonchev–Trinajstić information content (AvgIpc) is 2.98. The lowest BCUT2D eigenvalue weighted by molar-refractivity contribution is -0.134. The molecule has 0 spiro atoms. The fourth-order valence-corrected chi connectivity index (χ4v) is 4.42. The van der Waals surface area contributed by atoms with Crippen molar-refractivity contribution >= 4 is 40.7 Å². The molecule has 2 fully saturated rings. The third-order valence-corrected chi connectivity index (χ3v) is 5.56. The summed E-state index contributed by atoms with van der Waals surface area (Å²) in [5.41, 5.74) is 0.689. The van der Waals surface area contributed by atoms with E-state index in [9.17, 15) is 9.59 Å². The van der Waals surface area contributed by atoms with Crippen LogP contribution in [0.15, 0.2) is 18.2 Å². The van der Waals surface area contributed by atoms with Crippen molar-refractivity contribution in [3.8, 4) is 0 Å². The number of nitrogens with zero attached hydrogens (tertiary/aromatic N) is 2. The lowest BCUT2D eigenvalue weighted by Gasteiger charge is -2.38. The van der Waals surface area contributed by atoms with Crippen LogP contribution in [0.4, 0.5) is 5.69 Å². The lowest BCUT2D eigenvalue weighted by Crippen LogP contribution is -2.49. The zero-order valence-corrected chi connectivity index (χ0v) is 15.3. The first kappa shape index (κ1) is 17.6. The van der Waals surface area contributed by atoms with Gasteiger partial charge in [-0.25, -0.2) is 0 Å². The van der Waals surface area contributed by atoms with Gasteiger partial charge in [0.2, 0.25) is 11.8 Å². The van der Waals surface area contributed by atoms with Crippen LogP contribution < -0.4 is 4.90 Å². The van der Waals surface area contributed by atoms with Crippen LogP contribution in [0, 0.1) is 5.92 Å². The summed E-state index contributed by atoms with van der Waals surface area (Å²) in [7, 11) is 1.75. The fourth-order valence-electron chi connectivity index (χ4n) is 3.90. The molecule has 1 saturated heterocycles. The molecule has 24 heavy (non-hydrogen) atoms. The van der Waals surface area contributed by atoms with Gasteiger partial charge in [0.1, 0.15) is 0 Å². The van der Waals surface area contributed by atoms with Crippen LogP contribution in [0.1, 0.15) is 38.5 Å². The normalized spacial score (nSPS) is 24.3. The van der Waals surface area contributed by atoms with E-state index >= 15 is 0 Å². The minimum atomic E-state index is -0.149. The summed E-state index contributed by atoms with van der Waals surface area (Å²) in [6, 6.07) is 5.16. The van der Waals surface area contributed by atoms with Crippen LogP contribution >= 0.6 is 23.2 Å². The predicted molar refractivity (Wildman–Crippen MR) is 96.6 cm³/mol. The molecule has 0 bridgehead atoms. The van der Waals surface area contributed by atoms with Crippen LogP contribution in [0.25, 0.3) is 0 Å². The quantitative estimate of drug-likeness (QED) is 0.804. The highest BCUT2D eigenvalue weighted by Crippen LogP contribution is 2.34. The third kappa shape index (κ3) is 3.55. The van der Waals surface area contributed by atoms with Crippen LogP contribution in [0.5, 0.6) is 0 Å². The number of hydrogen-bond acceptors (Lipinski definition) is 2. The Bertz CT molecular complexity index is 630. The van der Waals surface area contributed by atoms with Gasteiger partial charge in [-0.15, -0.1) is 0 Å². The highest BCUT2D eigenvalue weighted by molar-refractivity contribution is 6.35. The molecule has 2 amide bonds. The van der Waals surface area contributed by atoms with E-state index in [2.05, 4.69) is 0 Å². The molecule has 1 aliphatic heterocycles. The number of benzene rings is 1. The summed E-state index contributed by atoms with van der Waals surface area (Å²) >= 11 is 12.1. The molecule has 4 nitrogen and oxygen atoms in total. The molecule has 3 rings (SSSR count). The molecule has 130 valence electrons. The second-order valence-corrected chi connectivity index (χ2v) is 7.55. The van der Waals surface area contributed by atoms with Gasteiger partial charge >= 0.3 is 0 Å². The first-order chi connectivity index (χ1) is 11.5. The summed E-state index contributed by atoms with van der Waals surface area (Å²) < 4.78 is 0.